The molecule has 2 aromatic carbocycles. The quantitative estimate of drug-likeness (QED) is 0.744. The van der Waals surface area contributed by atoms with Crippen LogP contribution in [0.3, 0.4) is 0 Å². The highest BCUT2D eigenvalue weighted by Crippen LogP contribution is 2.16. The predicted octanol–water partition coefficient (Wildman–Crippen LogP) is 4.41. The number of ketones is 1. The lowest BCUT2D eigenvalue weighted by Crippen LogP contribution is -2.40. The van der Waals surface area contributed by atoms with Crippen LogP contribution in [0.2, 0.25) is 0 Å². The Balaban J connectivity index is 2.19. The summed E-state index contributed by atoms with van der Waals surface area (Å²) in [6, 6.07) is 12.2. The molecule has 0 heterocycles. The van der Waals surface area contributed by atoms with Crippen molar-refractivity contribution in [2.75, 3.05) is 7.05 Å². The van der Waals surface area contributed by atoms with Crippen molar-refractivity contribution < 1.29 is 9.59 Å². The molecule has 0 aromatic heterocycles. The number of nitrogens with zero attached hydrogens (tertiary/aromatic N) is 1. The molecule has 0 aliphatic carbocycles. The second kappa shape index (κ2) is 7.09. The first kappa shape index (κ1) is 17.4. The zero-order valence-electron chi connectivity index (χ0n) is 13.8. The number of carbonyl (C=O) groups is 2. The average Bonchev–Trinajstić information content (AvgIpc) is 2.55. The lowest BCUT2D eigenvalue weighted by molar-refractivity contribution is 0.0675. The second-order valence-electron chi connectivity index (χ2n) is 5.76. The Bertz CT molecular complexity index is 738. The summed E-state index contributed by atoms with van der Waals surface area (Å²) < 4.78 is 0.913. The SMILES string of the molecule is Cc1ccc(C(=O)C(C)N(C)C(=O)c2ccc(Br)cc2)cc1C. The first-order valence-electron chi connectivity index (χ1n) is 7.45. The Labute approximate surface area is 145 Å². The molecule has 0 spiro atoms. The monoisotopic (exact) mass is 373 g/mol. The van der Waals surface area contributed by atoms with Gasteiger partial charge in [-0.1, -0.05) is 28.1 Å². The molecule has 0 saturated heterocycles. The number of aryl methyl sites for hydroxylation is 2. The van der Waals surface area contributed by atoms with Gasteiger partial charge < -0.3 is 4.90 Å². The van der Waals surface area contributed by atoms with Gasteiger partial charge in [0.1, 0.15) is 0 Å². The van der Waals surface area contributed by atoms with Gasteiger partial charge in [-0.05, 0) is 62.2 Å². The van der Waals surface area contributed by atoms with E-state index >= 15 is 0 Å². The van der Waals surface area contributed by atoms with Crippen LogP contribution in [0.25, 0.3) is 0 Å². The Morgan fingerprint density at radius 2 is 1.52 bits per heavy atom. The molecular formula is C19H20BrNO2. The van der Waals surface area contributed by atoms with Crippen molar-refractivity contribution >= 4 is 27.6 Å². The summed E-state index contributed by atoms with van der Waals surface area (Å²) in [7, 11) is 1.66. The van der Waals surface area contributed by atoms with Gasteiger partial charge in [0.2, 0.25) is 0 Å². The summed E-state index contributed by atoms with van der Waals surface area (Å²) >= 11 is 3.35. The topological polar surface area (TPSA) is 37.4 Å². The average molecular weight is 374 g/mol. The lowest BCUT2D eigenvalue weighted by atomic mass is 9.99. The van der Waals surface area contributed by atoms with Crippen molar-refractivity contribution in [3.63, 3.8) is 0 Å². The van der Waals surface area contributed by atoms with E-state index in [0.717, 1.165) is 15.6 Å². The van der Waals surface area contributed by atoms with Crippen LogP contribution in [0, 0.1) is 13.8 Å². The summed E-state index contributed by atoms with van der Waals surface area (Å²) in [5.74, 6) is -0.219. The van der Waals surface area contributed by atoms with Gasteiger partial charge in [-0.2, -0.15) is 0 Å². The molecule has 23 heavy (non-hydrogen) atoms. The highest BCUT2D eigenvalue weighted by Gasteiger charge is 2.24. The third-order valence-corrected chi connectivity index (χ3v) is 4.69. The zero-order chi connectivity index (χ0) is 17.1. The molecule has 2 aromatic rings. The highest BCUT2D eigenvalue weighted by atomic mass is 79.9. The summed E-state index contributed by atoms with van der Waals surface area (Å²) in [6.45, 7) is 5.75. The fraction of sp³-hybridized carbons (Fsp3) is 0.263. The van der Waals surface area contributed by atoms with Gasteiger partial charge in [0.05, 0.1) is 6.04 Å². The maximum absolute atomic E-state index is 12.6. The molecule has 0 fully saturated rings. The van der Waals surface area contributed by atoms with E-state index in [4.69, 9.17) is 0 Å². The number of halogens is 1. The molecule has 0 N–H and O–H groups in total. The molecule has 1 atom stereocenters. The third kappa shape index (κ3) is 3.88. The molecule has 3 nitrogen and oxygen atoms in total. The van der Waals surface area contributed by atoms with Crippen molar-refractivity contribution in [2.45, 2.75) is 26.8 Å². The van der Waals surface area contributed by atoms with E-state index in [0.29, 0.717) is 11.1 Å². The van der Waals surface area contributed by atoms with Gasteiger partial charge in [-0.25, -0.2) is 0 Å². The number of rotatable bonds is 4. The van der Waals surface area contributed by atoms with Crippen molar-refractivity contribution in [1.82, 2.24) is 4.90 Å². The van der Waals surface area contributed by atoms with Crippen LogP contribution >= 0.6 is 15.9 Å². The Kier molecular flexibility index (Phi) is 5.37. The molecule has 0 aliphatic rings. The maximum atomic E-state index is 12.6. The van der Waals surface area contributed by atoms with Crippen LogP contribution in [-0.4, -0.2) is 29.7 Å². The molecule has 2 rings (SSSR count). The van der Waals surface area contributed by atoms with Gasteiger partial charge in [-0.15, -0.1) is 0 Å². The summed E-state index contributed by atoms with van der Waals surface area (Å²) in [5.41, 5.74) is 3.42. The number of benzene rings is 2. The Morgan fingerprint density at radius 3 is 2.09 bits per heavy atom. The number of hydrogen-bond acceptors (Lipinski definition) is 2. The third-order valence-electron chi connectivity index (χ3n) is 4.16. The van der Waals surface area contributed by atoms with Gasteiger partial charge in [0.15, 0.2) is 5.78 Å². The normalized spacial score (nSPS) is 11.9. The molecule has 120 valence electrons. The minimum Gasteiger partial charge on any atom is -0.332 e. The van der Waals surface area contributed by atoms with E-state index in [-0.39, 0.29) is 11.7 Å². The summed E-state index contributed by atoms with van der Waals surface area (Å²) in [4.78, 5) is 26.6. The van der Waals surface area contributed by atoms with Gasteiger partial charge >= 0.3 is 0 Å². The van der Waals surface area contributed by atoms with Crippen LogP contribution in [0.5, 0.6) is 0 Å². The number of carbonyl (C=O) groups excluding carboxylic acids is 2. The largest absolute Gasteiger partial charge is 0.332 e. The van der Waals surface area contributed by atoms with Gasteiger partial charge in [-0.3, -0.25) is 9.59 Å². The van der Waals surface area contributed by atoms with Crippen LogP contribution in [0.1, 0.15) is 38.8 Å². The number of amides is 1. The first-order chi connectivity index (χ1) is 10.8. The summed E-state index contributed by atoms with van der Waals surface area (Å²) in [6.07, 6.45) is 0. The molecule has 1 unspecified atom stereocenters. The van der Waals surface area contributed by atoms with Crippen molar-refractivity contribution in [1.29, 1.82) is 0 Å². The number of Topliss-reactive ketones (excluding diaryl/α,β-unsaturated/α-hetero) is 1. The first-order valence-corrected chi connectivity index (χ1v) is 8.24. The van der Waals surface area contributed by atoms with Crippen LogP contribution in [0.4, 0.5) is 0 Å². The smallest absolute Gasteiger partial charge is 0.254 e. The molecule has 0 saturated carbocycles. The van der Waals surface area contributed by atoms with E-state index < -0.39 is 6.04 Å². The molecule has 0 radical (unpaired) electrons. The van der Waals surface area contributed by atoms with E-state index in [1.807, 2.05) is 44.2 Å². The van der Waals surface area contributed by atoms with E-state index in [9.17, 15) is 9.59 Å². The molecule has 4 heteroatoms. The van der Waals surface area contributed by atoms with Gasteiger partial charge in [0, 0.05) is 22.6 Å². The van der Waals surface area contributed by atoms with Crippen molar-refractivity contribution in [3.05, 3.63) is 69.2 Å². The van der Waals surface area contributed by atoms with Crippen molar-refractivity contribution in [3.8, 4) is 0 Å². The number of likely N-dealkylation sites (N-methyl/N-ethyl adjacent to an activating group) is 1. The zero-order valence-corrected chi connectivity index (χ0v) is 15.3. The van der Waals surface area contributed by atoms with Crippen molar-refractivity contribution in [2.24, 2.45) is 0 Å². The molecule has 0 aliphatic heterocycles. The molecule has 1 amide bonds. The van der Waals surface area contributed by atoms with Crippen LogP contribution in [-0.2, 0) is 0 Å². The van der Waals surface area contributed by atoms with Crippen LogP contribution < -0.4 is 0 Å². The standard InChI is InChI=1S/C19H20BrNO2/c1-12-5-6-16(11-13(12)2)18(22)14(3)21(4)19(23)15-7-9-17(20)10-8-15/h5-11,14H,1-4H3. The maximum Gasteiger partial charge on any atom is 0.254 e. The van der Waals surface area contributed by atoms with Gasteiger partial charge in [0.25, 0.3) is 5.91 Å². The fourth-order valence-corrected chi connectivity index (χ4v) is 2.55. The van der Waals surface area contributed by atoms with Crippen LogP contribution in [0.15, 0.2) is 46.9 Å². The highest BCUT2D eigenvalue weighted by molar-refractivity contribution is 9.10. The number of hydrogen-bond donors (Lipinski definition) is 0. The summed E-state index contributed by atoms with van der Waals surface area (Å²) in [5, 5.41) is 0. The fourth-order valence-electron chi connectivity index (χ4n) is 2.28. The van der Waals surface area contributed by atoms with E-state index in [2.05, 4.69) is 15.9 Å². The molecule has 0 bridgehead atoms. The predicted molar refractivity (Wildman–Crippen MR) is 95.9 cm³/mol. The van der Waals surface area contributed by atoms with E-state index in [1.54, 1.807) is 26.1 Å². The van der Waals surface area contributed by atoms with E-state index in [1.165, 1.54) is 4.90 Å². The Morgan fingerprint density at radius 1 is 0.957 bits per heavy atom. The molecular weight excluding hydrogens is 354 g/mol. The Hall–Kier alpha value is -1.94. The lowest BCUT2D eigenvalue weighted by Gasteiger charge is -2.24. The minimum absolute atomic E-state index is 0.0546. The second-order valence-corrected chi connectivity index (χ2v) is 6.68. The minimum atomic E-state index is -0.520.